The maximum absolute atomic E-state index is 12.8. The molecule has 1 heterocycles. The van der Waals surface area contributed by atoms with Crippen LogP contribution in [0.3, 0.4) is 0 Å². The maximum atomic E-state index is 12.8. The zero-order chi connectivity index (χ0) is 10.7. The third-order valence-corrected chi connectivity index (χ3v) is 2.18. The van der Waals surface area contributed by atoms with Gasteiger partial charge in [0, 0.05) is 18.0 Å². The molecule has 0 radical (unpaired) electrons. The molecule has 76 valence electrons. The molecule has 3 heteroatoms. The predicted octanol–water partition coefficient (Wildman–Crippen LogP) is 3.15. The first-order chi connectivity index (χ1) is 7.29. The van der Waals surface area contributed by atoms with E-state index >= 15 is 0 Å². The van der Waals surface area contributed by atoms with Gasteiger partial charge in [0.15, 0.2) is 0 Å². The summed E-state index contributed by atoms with van der Waals surface area (Å²) in [4.78, 5) is 4.16. The highest BCUT2D eigenvalue weighted by Crippen LogP contribution is 2.16. The number of halogens is 1. The molecule has 1 aromatic heterocycles. The summed E-state index contributed by atoms with van der Waals surface area (Å²) in [5.41, 5.74) is 1.70. The van der Waals surface area contributed by atoms with Crippen LogP contribution in [0.1, 0.15) is 5.56 Å². The Morgan fingerprint density at radius 3 is 3.07 bits per heavy atom. The van der Waals surface area contributed by atoms with Crippen LogP contribution in [0.2, 0.25) is 0 Å². The predicted molar refractivity (Wildman–Crippen MR) is 57.3 cm³/mol. The van der Waals surface area contributed by atoms with Crippen LogP contribution in [0.5, 0.6) is 0 Å². The number of aliphatic hydroxyl groups excluding tert-OH is 1. The van der Waals surface area contributed by atoms with Crippen LogP contribution in [-0.4, -0.2) is 10.1 Å². The second kappa shape index (κ2) is 4.09. The van der Waals surface area contributed by atoms with Crippen molar-refractivity contribution in [2.75, 3.05) is 0 Å². The molecular weight excluding hydrogens is 193 g/mol. The minimum atomic E-state index is -0.543. The Morgan fingerprint density at radius 1 is 1.40 bits per heavy atom. The lowest BCUT2D eigenvalue weighted by Gasteiger charge is -2.01. The normalized spacial score (nSPS) is 11.9. The van der Waals surface area contributed by atoms with Crippen molar-refractivity contribution in [2.24, 2.45) is 0 Å². The van der Waals surface area contributed by atoms with Gasteiger partial charge in [-0.25, -0.2) is 4.39 Å². The number of rotatable bonds is 2. The Hall–Kier alpha value is -1.90. The molecule has 0 aliphatic carbocycles. The van der Waals surface area contributed by atoms with Crippen LogP contribution in [-0.2, 0) is 6.42 Å². The van der Waals surface area contributed by atoms with Gasteiger partial charge in [0.1, 0.15) is 12.1 Å². The largest absolute Gasteiger partial charge is 0.513 e. The number of hydrogen-bond acceptors (Lipinski definition) is 2. The number of aliphatic hydroxyl groups is 1. The molecule has 0 bridgehead atoms. The summed E-state index contributed by atoms with van der Waals surface area (Å²) < 4.78 is 12.8. The molecule has 0 amide bonds. The van der Waals surface area contributed by atoms with Crippen LogP contribution < -0.4 is 0 Å². The summed E-state index contributed by atoms with van der Waals surface area (Å²) >= 11 is 0. The van der Waals surface area contributed by atoms with Crippen LogP contribution in [0.15, 0.2) is 48.6 Å². The summed E-state index contributed by atoms with van der Waals surface area (Å²) in [5, 5.41) is 9.43. The van der Waals surface area contributed by atoms with Gasteiger partial charge >= 0.3 is 0 Å². The van der Waals surface area contributed by atoms with Gasteiger partial charge in [-0.05, 0) is 23.8 Å². The Kier molecular flexibility index (Phi) is 2.63. The van der Waals surface area contributed by atoms with Gasteiger partial charge in [0.05, 0.1) is 5.52 Å². The van der Waals surface area contributed by atoms with Crippen LogP contribution >= 0.6 is 0 Å². The monoisotopic (exact) mass is 203 g/mol. The molecule has 1 aromatic carbocycles. The number of allylic oxidation sites excluding steroid dienone is 1. The molecular formula is C12H10FNO. The van der Waals surface area contributed by atoms with E-state index in [-0.39, 0.29) is 6.42 Å². The Balaban J connectivity index is 2.39. The molecule has 2 aromatic rings. The highest BCUT2D eigenvalue weighted by Gasteiger charge is 2.00. The van der Waals surface area contributed by atoms with Crippen molar-refractivity contribution in [3.8, 4) is 0 Å². The first-order valence-corrected chi connectivity index (χ1v) is 4.62. The molecule has 0 saturated carbocycles. The highest BCUT2D eigenvalue weighted by atomic mass is 19.1. The van der Waals surface area contributed by atoms with Crippen molar-refractivity contribution in [3.63, 3.8) is 0 Å². The van der Waals surface area contributed by atoms with E-state index in [4.69, 9.17) is 5.11 Å². The maximum Gasteiger partial charge on any atom is 0.138 e. The number of hydrogen-bond donors (Lipinski definition) is 1. The Labute approximate surface area is 86.7 Å². The number of aromatic nitrogens is 1. The lowest BCUT2D eigenvalue weighted by atomic mass is 10.1. The summed E-state index contributed by atoms with van der Waals surface area (Å²) in [7, 11) is 0. The van der Waals surface area contributed by atoms with Gasteiger partial charge < -0.3 is 5.11 Å². The molecule has 0 unspecified atom stereocenters. The van der Waals surface area contributed by atoms with Crippen LogP contribution in [0.25, 0.3) is 10.9 Å². The van der Waals surface area contributed by atoms with Gasteiger partial charge in [-0.1, -0.05) is 12.1 Å². The number of fused-ring (bicyclic) bond motifs is 1. The van der Waals surface area contributed by atoms with Gasteiger partial charge in [-0.2, -0.15) is 0 Å². The molecule has 1 N–H and O–H groups in total. The number of benzene rings is 1. The zero-order valence-electron chi connectivity index (χ0n) is 8.02. The van der Waals surface area contributed by atoms with Crippen molar-refractivity contribution in [1.29, 1.82) is 0 Å². The second-order valence-electron chi connectivity index (χ2n) is 3.28. The molecule has 0 fully saturated rings. The fourth-order valence-corrected chi connectivity index (χ4v) is 1.48. The smallest absolute Gasteiger partial charge is 0.138 e. The Bertz CT molecular complexity index is 508. The van der Waals surface area contributed by atoms with Gasteiger partial charge in [-0.3, -0.25) is 4.98 Å². The summed E-state index contributed by atoms with van der Waals surface area (Å²) in [5.74, 6) is -0.543. The van der Waals surface area contributed by atoms with E-state index in [0.717, 1.165) is 16.5 Å². The van der Waals surface area contributed by atoms with Gasteiger partial charge in [0.2, 0.25) is 0 Å². The fourth-order valence-electron chi connectivity index (χ4n) is 1.48. The summed E-state index contributed by atoms with van der Waals surface area (Å²) in [6.45, 7) is 0. The molecule has 0 aliphatic heterocycles. The Morgan fingerprint density at radius 2 is 2.27 bits per heavy atom. The SMILES string of the molecule is O/C=C(\F)Cc1ccc2ncccc2c1. The lowest BCUT2D eigenvalue weighted by molar-refractivity contribution is 0.435. The highest BCUT2D eigenvalue weighted by molar-refractivity contribution is 5.78. The van der Waals surface area contributed by atoms with Crippen LogP contribution in [0, 0.1) is 0 Å². The molecule has 15 heavy (non-hydrogen) atoms. The average molecular weight is 203 g/mol. The van der Waals surface area contributed by atoms with E-state index in [1.165, 1.54) is 0 Å². The number of pyridine rings is 1. The third-order valence-electron chi connectivity index (χ3n) is 2.18. The van der Waals surface area contributed by atoms with E-state index < -0.39 is 5.83 Å². The summed E-state index contributed by atoms with van der Waals surface area (Å²) in [6.07, 6.45) is 2.32. The number of nitrogens with zero attached hydrogens (tertiary/aromatic N) is 1. The van der Waals surface area contributed by atoms with E-state index in [0.29, 0.717) is 6.26 Å². The average Bonchev–Trinajstić information content (AvgIpc) is 2.29. The van der Waals surface area contributed by atoms with E-state index in [1.54, 1.807) is 12.3 Å². The first kappa shape index (κ1) is 9.65. The molecule has 2 nitrogen and oxygen atoms in total. The van der Waals surface area contributed by atoms with Crippen molar-refractivity contribution in [2.45, 2.75) is 6.42 Å². The lowest BCUT2D eigenvalue weighted by Crippen LogP contribution is -1.87. The summed E-state index contributed by atoms with van der Waals surface area (Å²) in [6, 6.07) is 9.27. The van der Waals surface area contributed by atoms with Crippen LogP contribution in [0.4, 0.5) is 4.39 Å². The minimum absolute atomic E-state index is 0.112. The molecule has 0 spiro atoms. The van der Waals surface area contributed by atoms with Gasteiger partial charge in [-0.15, -0.1) is 0 Å². The molecule has 2 rings (SSSR count). The topological polar surface area (TPSA) is 33.1 Å². The van der Waals surface area contributed by atoms with Gasteiger partial charge in [0.25, 0.3) is 0 Å². The van der Waals surface area contributed by atoms with E-state index in [2.05, 4.69) is 4.98 Å². The minimum Gasteiger partial charge on any atom is -0.513 e. The van der Waals surface area contributed by atoms with E-state index in [9.17, 15) is 4.39 Å². The van der Waals surface area contributed by atoms with Crippen molar-refractivity contribution in [1.82, 2.24) is 4.98 Å². The van der Waals surface area contributed by atoms with Crippen molar-refractivity contribution >= 4 is 10.9 Å². The fraction of sp³-hybridized carbons (Fsp3) is 0.0833. The molecule has 0 atom stereocenters. The van der Waals surface area contributed by atoms with E-state index in [1.807, 2.05) is 24.3 Å². The second-order valence-corrected chi connectivity index (χ2v) is 3.28. The molecule has 0 aliphatic rings. The van der Waals surface area contributed by atoms with Crippen molar-refractivity contribution < 1.29 is 9.50 Å². The standard InChI is InChI=1S/C12H10FNO/c13-11(8-15)7-9-3-4-12-10(6-9)2-1-5-14-12/h1-6,8,15H,7H2/b11-8-. The quantitative estimate of drug-likeness (QED) is 0.760. The molecule has 0 saturated heterocycles. The third kappa shape index (κ3) is 2.13. The first-order valence-electron chi connectivity index (χ1n) is 4.62. The zero-order valence-corrected chi connectivity index (χ0v) is 8.02. The van der Waals surface area contributed by atoms with Crippen molar-refractivity contribution in [3.05, 3.63) is 54.2 Å².